The lowest BCUT2D eigenvalue weighted by Crippen LogP contribution is -2.47. The van der Waals surface area contributed by atoms with Crippen molar-refractivity contribution in [3.05, 3.63) is 47.5 Å². The SMILES string of the molecule is O=C(NC1CCN(C(=O)Nc2nccs2)CC1)c1ccccc1. The van der Waals surface area contributed by atoms with E-state index < -0.39 is 0 Å². The van der Waals surface area contributed by atoms with E-state index in [1.165, 1.54) is 11.3 Å². The molecule has 0 atom stereocenters. The molecular formula is C16H18N4O2S. The van der Waals surface area contributed by atoms with E-state index in [0.29, 0.717) is 23.8 Å². The molecule has 0 aliphatic carbocycles. The van der Waals surface area contributed by atoms with Gasteiger partial charge in [-0.25, -0.2) is 9.78 Å². The molecule has 1 aliphatic heterocycles. The van der Waals surface area contributed by atoms with Crippen LogP contribution in [0.5, 0.6) is 0 Å². The van der Waals surface area contributed by atoms with Crippen LogP contribution in [-0.4, -0.2) is 41.0 Å². The van der Waals surface area contributed by atoms with Crippen molar-refractivity contribution in [3.8, 4) is 0 Å². The highest BCUT2D eigenvalue weighted by Gasteiger charge is 2.24. The predicted molar refractivity (Wildman–Crippen MR) is 89.6 cm³/mol. The molecular weight excluding hydrogens is 312 g/mol. The lowest BCUT2D eigenvalue weighted by atomic mass is 10.0. The maximum atomic E-state index is 12.1. The second kappa shape index (κ2) is 7.23. The van der Waals surface area contributed by atoms with Crippen molar-refractivity contribution in [2.24, 2.45) is 0 Å². The average molecular weight is 330 g/mol. The van der Waals surface area contributed by atoms with E-state index in [2.05, 4.69) is 15.6 Å². The number of nitrogens with zero attached hydrogens (tertiary/aromatic N) is 2. The Bertz CT molecular complexity index is 652. The molecule has 3 rings (SSSR count). The summed E-state index contributed by atoms with van der Waals surface area (Å²) < 4.78 is 0. The van der Waals surface area contributed by atoms with Crippen LogP contribution in [0.2, 0.25) is 0 Å². The molecule has 1 aromatic carbocycles. The first-order valence-electron chi connectivity index (χ1n) is 7.54. The molecule has 2 heterocycles. The van der Waals surface area contributed by atoms with E-state index >= 15 is 0 Å². The monoisotopic (exact) mass is 330 g/mol. The minimum atomic E-state index is -0.132. The van der Waals surface area contributed by atoms with Gasteiger partial charge in [-0.05, 0) is 25.0 Å². The highest BCUT2D eigenvalue weighted by atomic mass is 32.1. The van der Waals surface area contributed by atoms with Gasteiger partial charge in [0.2, 0.25) is 0 Å². The first kappa shape index (κ1) is 15.5. The molecule has 23 heavy (non-hydrogen) atoms. The first-order chi connectivity index (χ1) is 11.2. The summed E-state index contributed by atoms with van der Waals surface area (Å²) in [6.07, 6.45) is 3.17. The topological polar surface area (TPSA) is 74.3 Å². The molecule has 2 N–H and O–H groups in total. The number of benzene rings is 1. The second-order valence-corrected chi connectivity index (χ2v) is 6.26. The zero-order valence-electron chi connectivity index (χ0n) is 12.6. The number of urea groups is 1. The Kier molecular flexibility index (Phi) is 4.87. The van der Waals surface area contributed by atoms with Crippen LogP contribution in [0.3, 0.4) is 0 Å². The fraction of sp³-hybridized carbons (Fsp3) is 0.312. The predicted octanol–water partition coefficient (Wildman–Crippen LogP) is 2.57. The summed E-state index contributed by atoms with van der Waals surface area (Å²) >= 11 is 1.40. The van der Waals surface area contributed by atoms with Crippen LogP contribution in [-0.2, 0) is 0 Å². The largest absolute Gasteiger partial charge is 0.349 e. The lowest BCUT2D eigenvalue weighted by molar-refractivity contribution is 0.0919. The van der Waals surface area contributed by atoms with Crippen molar-refractivity contribution in [1.82, 2.24) is 15.2 Å². The molecule has 0 spiro atoms. The van der Waals surface area contributed by atoms with Crippen LogP contribution in [0.1, 0.15) is 23.2 Å². The highest BCUT2D eigenvalue weighted by Crippen LogP contribution is 2.15. The molecule has 0 saturated carbocycles. The summed E-state index contributed by atoms with van der Waals surface area (Å²) in [7, 11) is 0. The number of amides is 3. The van der Waals surface area contributed by atoms with Gasteiger partial charge in [-0.1, -0.05) is 18.2 Å². The summed E-state index contributed by atoms with van der Waals surface area (Å²) in [5.41, 5.74) is 0.663. The van der Waals surface area contributed by atoms with Gasteiger partial charge in [-0.15, -0.1) is 11.3 Å². The number of likely N-dealkylation sites (tertiary alicyclic amines) is 1. The van der Waals surface area contributed by atoms with Crippen LogP contribution >= 0.6 is 11.3 Å². The molecule has 7 heteroatoms. The summed E-state index contributed by atoms with van der Waals surface area (Å²) in [5.74, 6) is -0.0590. The Morgan fingerprint density at radius 2 is 1.91 bits per heavy atom. The van der Waals surface area contributed by atoms with Gasteiger partial charge in [0.15, 0.2) is 5.13 Å². The Hall–Kier alpha value is -2.41. The van der Waals surface area contributed by atoms with E-state index in [4.69, 9.17) is 0 Å². The molecule has 1 fully saturated rings. The van der Waals surface area contributed by atoms with Gasteiger partial charge in [0.05, 0.1) is 0 Å². The number of nitrogens with one attached hydrogen (secondary N) is 2. The van der Waals surface area contributed by atoms with E-state index in [1.54, 1.807) is 23.2 Å². The van der Waals surface area contributed by atoms with Gasteiger partial charge in [0.1, 0.15) is 0 Å². The number of anilines is 1. The maximum Gasteiger partial charge on any atom is 0.323 e. The van der Waals surface area contributed by atoms with Crippen LogP contribution < -0.4 is 10.6 Å². The maximum absolute atomic E-state index is 12.1. The standard InChI is InChI=1S/C16H18N4O2S/c21-14(12-4-2-1-3-5-12)18-13-6-9-20(10-7-13)16(22)19-15-17-8-11-23-15/h1-5,8,11,13H,6-7,9-10H2,(H,18,21)(H,17,19,22). The number of aromatic nitrogens is 1. The Morgan fingerprint density at radius 1 is 1.17 bits per heavy atom. The zero-order chi connectivity index (χ0) is 16.1. The molecule has 6 nitrogen and oxygen atoms in total. The van der Waals surface area contributed by atoms with E-state index in [9.17, 15) is 9.59 Å². The molecule has 0 radical (unpaired) electrons. The van der Waals surface area contributed by atoms with Crippen molar-refractivity contribution >= 4 is 28.4 Å². The van der Waals surface area contributed by atoms with E-state index in [1.807, 2.05) is 23.6 Å². The molecule has 0 bridgehead atoms. The Balaban J connectivity index is 1.47. The van der Waals surface area contributed by atoms with Gasteiger partial charge in [0.25, 0.3) is 5.91 Å². The van der Waals surface area contributed by atoms with Gasteiger partial charge in [-0.2, -0.15) is 0 Å². The van der Waals surface area contributed by atoms with Crippen molar-refractivity contribution in [2.45, 2.75) is 18.9 Å². The summed E-state index contributed by atoms with van der Waals surface area (Å²) in [6, 6.07) is 9.15. The summed E-state index contributed by atoms with van der Waals surface area (Å²) in [6.45, 7) is 1.24. The van der Waals surface area contributed by atoms with Gasteiger partial charge in [-0.3, -0.25) is 10.1 Å². The molecule has 2 aromatic rings. The molecule has 3 amide bonds. The highest BCUT2D eigenvalue weighted by molar-refractivity contribution is 7.13. The molecule has 0 unspecified atom stereocenters. The van der Waals surface area contributed by atoms with Crippen LogP contribution in [0.15, 0.2) is 41.9 Å². The number of hydrogen-bond donors (Lipinski definition) is 2. The number of rotatable bonds is 3. The third-order valence-electron chi connectivity index (χ3n) is 3.80. The number of hydrogen-bond acceptors (Lipinski definition) is 4. The molecule has 1 saturated heterocycles. The minimum Gasteiger partial charge on any atom is -0.349 e. The lowest BCUT2D eigenvalue weighted by Gasteiger charge is -2.32. The minimum absolute atomic E-state index is 0.0590. The third kappa shape index (κ3) is 4.07. The zero-order valence-corrected chi connectivity index (χ0v) is 13.4. The fourth-order valence-electron chi connectivity index (χ4n) is 2.54. The molecule has 1 aromatic heterocycles. The van der Waals surface area contributed by atoms with Crippen LogP contribution in [0.4, 0.5) is 9.93 Å². The van der Waals surface area contributed by atoms with Gasteiger partial charge < -0.3 is 10.2 Å². The summed E-state index contributed by atoms with van der Waals surface area (Å²) in [4.78, 5) is 30.0. The molecule has 120 valence electrons. The smallest absolute Gasteiger partial charge is 0.323 e. The molecule has 1 aliphatic rings. The van der Waals surface area contributed by atoms with Crippen molar-refractivity contribution in [2.75, 3.05) is 18.4 Å². The van der Waals surface area contributed by atoms with E-state index in [-0.39, 0.29) is 18.0 Å². The number of carbonyl (C=O) groups excluding carboxylic acids is 2. The number of piperidine rings is 1. The van der Waals surface area contributed by atoms with Crippen LogP contribution in [0.25, 0.3) is 0 Å². The van der Waals surface area contributed by atoms with Crippen molar-refractivity contribution < 1.29 is 9.59 Å². The van der Waals surface area contributed by atoms with E-state index in [0.717, 1.165) is 12.8 Å². The Labute approximate surface area is 138 Å². The van der Waals surface area contributed by atoms with Crippen molar-refractivity contribution in [1.29, 1.82) is 0 Å². The van der Waals surface area contributed by atoms with Gasteiger partial charge >= 0.3 is 6.03 Å². The fourth-order valence-corrected chi connectivity index (χ4v) is 3.06. The quantitative estimate of drug-likeness (QED) is 0.908. The summed E-state index contributed by atoms with van der Waals surface area (Å²) in [5, 5.41) is 8.24. The average Bonchev–Trinajstić information content (AvgIpc) is 3.09. The Morgan fingerprint density at radius 3 is 2.57 bits per heavy atom. The second-order valence-electron chi connectivity index (χ2n) is 5.37. The normalized spacial score (nSPS) is 15.2. The number of carbonyl (C=O) groups is 2. The number of thiazole rings is 1. The third-order valence-corrected chi connectivity index (χ3v) is 4.49. The van der Waals surface area contributed by atoms with Gasteiger partial charge in [0, 0.05) is 36.3 Å². The van der Waals surface area contributed by atoms with Crippen LogP contribution in [0, 0.1) is 0 Å². The van der Waals surface area contributed by atoms with Crippen molar-refractivity contribution in [3.63, 3.8) is 0 Å². The first-order valence-corrected chi connectivity index (χ1v) is 8.41.